The average Bonchev–Trinajstić information content (AvgIpc) is 3.66. The van der Waals surface area contributed by atoms with Crippen molar-refractivity contribution in [1.29, 1.82) is 0 Å². The van der Waals surface area contributed by atoms with Gasteiger partial charge in [0, 0.05) is 5.56 Å². The number of benzene rings is 3. The molecular formula is C29H24ClN5O5. The molecule has 0 saturated carbocycles. The third kappa shape index (κ3) is 4.17. The Labute approximate surface area is 234 Å². The fourth-order valence-corrected chi connectivity index (χ4v) is 5.40. The van der Waals surface area contributed by atoms with Crippen molar-refractivity contribution in [1.82, 2.24) is 15.0 Å². The standard InChI is InChI=1S/C29H24ClN5O5/c1-38-21-13-11-19(12-14-21)26-31-25(27(36)39-2)29(40-26)24-22(30)9-6-10-23(24)35(28(29)37)17-20-16-34(33-32-20)15-18-7-4-3-5-8-18/h3-14,16,25H,15,17H2,1-2H3/t25-,29-/m0/s1. The van der Waals surface area contributed by atoms with Crippen LogP contribution in [0, 0.1) is 0 Å². The minimum atomic E-state index is -1.85. The van der Waals surface area contributed by atoms with Gasteiger partial charge in [0.1, 0.15) is 11.4 Å². The highest BCUT2D eigenvalue weighted by Gasteiger charge is 2.65. The van der Waals surface area contributed by atoms with E-state index >= 15 is 0 Å². The molecule has 0 radical (unpaired) electrons. The Balaban J connectivity index is 1.37. The molecule has 4 aromatic rings. The van der Waals surface area contributed by atoms with Gasteiger partial charge in [-0.15, -0.1) is 5.10 Å². The Morgan fingerprint density at radius 2 is 1.80 bits per heavy atom. The predicted molar refractivity (Wildman–Crippen MR) is 146 cm³/mol. The number of hydrogen-bond acceptors (Lipinski definition) is 8. The van der Waals surface area contributed by atoms with Gasteiger partial charge in [-0.25, -0.2) is 14.5 Å². The van der Waals surface area contributed by atoms with Crippen molar-refractivity contribution in [2.75, 3.05) is 19.1 Å². The van der Waals surface area contributed by atoms with Crippen LogP contribution in [0.2, 0.25) is 5.02 Å². The van der Waals surface area contributed by atoms with Gasteiger partial charge in [-0.2, -0.15) is 0 Å². The first-order chi connectivity index (χ1) is 19.4. The van der Waals surface area contributed by atoms with Crippen molar-refractivity contribution < 1.29 is 23.8 Å². The lowest BCUT2D eigenvalue weighted by atomic mass is 9.88. The Morgan fingerprint density at radius 1 is 1.02 bits per heavy atom. The molecule has 40 heavy (non-hydrogen) atoms. The lowest BCUT2D eigenvalue weighted by Crippen LogP contribution is -2.50. The Morgan fingerprint density at radius 3 is 2.52 bits per heavy atom. The highest BCUT2D eigenvalue weighted by molar-refractivity contribution is 6.33. The van der Waals surface area contributed by atoms with Gasteiger partial charge in [-0.1, -0.05) is 53.2 Å². The zero-order valence-corrected chi connectivity index (χ0v) is 22.4. The van der Waals surface area contributed by atoms with Gasteiger partial charge in [0.25, 0.3) is 11.5 Å². The molecule has 2 atom stereocenters. The molecule has 0 saturated heterocycles. The lowest BCUT2D eigenvalue weighted by molar-refractivity contribution is -0.152. The first-order valence-corrected chi connectivity index (χ1v) is 12.9. The summed E-state index contributed by atoms with van der Waals surface area (Å²) in [5.74, 6) is -0.472. The molecule has 2 aliphatic rings. The summed E-state index contributed by atoms with van der Waals surface area (Å²) < 4.78 is 18.4. The van der Waals surface area contributed by atoms with Crippen LogP contribution in [0.25, 0.3) is 0 Å². The summed E-state index contributed by atoms with van der Waals surface area (Å²) >= 11 is 6.70. The van der Waals surface area contributed by atoms with E-state index in [0.29, 0.717) is 34.8 Å². The molecule has 0 bridgehead atoms. The topological polar surface area (TPSA) is 108 Å². The number of esters is 1. The molecule has 0 aliphatic carbocycles. The molecule has 202 valence electrons. The average molecular weight is 558 g/mol. The Hall–Kier alpha value is -4.70. The minimum absolute atomic E-state index is 0.0812. The number of aromatic nitrogens is 3. The van der Waals surface area contributed by atoms with E-state index in [0.717, 1.165) is 5.56 Å². The van der Waals surface area contributed by atoms with Crippen molar-refractivity contribution in [3.8, 4) is 5.75 Å². The zero-order valence-electron chi connectivity index (χ0n) is 21.7. The fraction of sp³-hybridized carbons (Fsp3) is 0.207. The summed E-state index contributed by atoms with van der Waals surface area (Å²) in [6.07, 6.45) is 1.78. The van der Waals surface area contributed by atoms with Crippen molar-refractivity contribution in [3.05, 3.63) is 106 Å². The highest BCUT2D eigenvalue weighted by atomic mass is 35.5. The summed E-state index contributed by atoms with van der Waals surface area (Å²) in [6.45, 7) is 0.610. The minimum Gasteiger partial charge on any atom is -0.497 e. The van der Waals surface area contributed by atoms with E-state index in [4.69, 9.17) is 25.8 Å². The van der Waals surface area contributed by atoms with Gasteiger partial charge in [-0.3, -0.25) is 4.79 Å². The quantitative estimate of drug-likeness (QED) is 0.318. The van der Waals surface area contributed by atoms with Crippen LogP contribution >= 0.6 is 11.6 Å². The third-order valence-electron chi connectivity index (χ3n) is 6.96. The van der Waals surface area contributed by atoms with Crippen LogP contribution in [-0.4, -0.2) is 53.0 Å². The summed E-state index contributed by atoms with van der Waals surface area (Å²) in [5.41, 5.74) is 1.18. The molecule has 6 rings (SSSR count). The second-order valence-electron chi connectivity index (χ2n) is 9.34. The van der Waals surface area contributed by atoms with E-state index in [1.807, 2.05) is 30.3 Å². The van der Waals surface area contributed by atoms with Crippen molar-refractivity contribution >= 4 is 35.1 Å². The summed E-state index contributed by atoms with van der Waals surface area (Å²) in [4.78, 5) is 33.5. The summed E-state index contributed by atoms with van der Waals surface area (Å²) in [5, 5.41) is 8.78. The van der Waals surface area contributed by atoms with Gasteiger partial charge in [0.15, 0.2) is 0 Å². The molecule has 0 N–H and O–H groups in total. The van der Waals surface area contributed by atoms with E-state index in [9.17, 15) is 9.59 Å². The fourth-order valence-electron chi connectivity index (χ4n) is 5.09. The van der Waals surface area contributed by atoms with Crippen LogP contribution in [-0.2, 0) is 37.8 Å². The normalized spacial score (nSPS) is 19.4. The van der Waals surface area contributed by atoms with Gasteiger partial charge < -0.3 is 19.1 Å². The molecule has 3 heterocycles. The number of fused-ring (bicyclic) bond motifs is 2. The third-order valence-corrected chi connectivity index (χ3v) is 7.28. The highest BCUT2D eigenvalue weighted by Crippen LogP contribution is 2.52. The maximum Gasteiger partial charge on any atom is 0.335 e. The Bertz CT molecular complexity index is 1620. The lowest BCUT2D eigenvalue weighted by Gasteiger charge is -2.27. The molecule has 1 aromatic heterocycles. The number of carbonyl (C=O) groups is 2. The van der Waals surface area contributed by atoms with Gasteiger partial charge >= 0.3 is 5.97 Å². The SMILES string of the molecule is COC(=O)[C@@H]1N=C(c2ccc(OC)cc2)O[C@]12C(=O)N(Cc1cn(Cc3ccccc3)nn1)c1cccc(Cl)c12. The number of methoxy groups -OCH3 is 2. The molecule has 3 aromatic carbocycles. The number of anilines is 1. The van der Waals surface area contributed by atoms with Crippen molar-refractivity contribution in [3.63, 3.8) is 0 Å². The van der Waals surface area contributed by atoms with E-state index in [2.05, 4.69) is 15.3 Å². The zero-order chi connectivity index (χ0) is 27.9. The van der Waals surface area contributed by atoms with E-state index in [-0.39, 0.29) is 17.5 Å². The Kier molecular flexibility index (Phi) is 6.47. The number of ether oxygens (including phenoxy) is 3. The monoisotopic (exact) mass is 557 g/mol. The van der Waals surface area contributed by atoms with Crippen molar-refractivity contribution in [2.24, 2.45) is 4.99 Å². The molecule has 1 amide bonds. The first kappa shape index (κ1) is 25.6. The van der Waals surface area contributed by atoms with Crippen LogP contribution in [0.3, 0.4) is 0 Å². The van der Waals surface area contributed by atoms with Crippen molar-refractivity contribution in [2.45, 2.75) is 24.7 Å². The van der Waals surface area contributed by atoms with Crippen LogP contribution in [0.1, 0.15) is 22.4 Å². The van der Waals surface area contributed by atoms with Crippen LogP contribution in [0.4, 0.5) is 5.69 Å². The van der Waals surface area contributed by atoms with E-state index in [1.165, 1.54) is 12.0 Å². The van der Waals surface area contributed by atoms with Crippen LogP contribution in [0.15, 0.2) is 84.0 Å². The number of amides is 1. The molecule has 1 spiro atoms. The molecule has 11 heteroatoms. The van der Waals surface area contributed by atoms with Crippen LogP contribution in [0.5, 0.6) is 5.75 Å². The van der Waals surface area contributed by atoms with E-state index < -0.39 is 23.5 Å². The number of aliphatic imine (C=N–C) groups is 1. The molecule has 10 nitrogen and oxygen atoms in total. The smallest absolute Gasteiger partial charge is 0.335 e. The van der Waals surface area contributed by atoms with Crippen LogP contribution < -0.4 is 9.64 Å². The number of nitrogens with zero attached hydrogens (tertiary/aromatic N) is 5. The number of rotatable bonds is 7. The van der Waals surface area contributed by atoms with E-state index in [1.54, 1.807) is 60.5 Å². The second kappa shape index (κ2) is 10.1. The number of halogens is 1. The summed E-state index contributed by atoms with van der Waals surface area (Å²) in [7, 11) is 2.80. The maximum absolute atomic E-state index is 14.3. The molecule has 2 aliphatic heterocycles. The molecular weight excluding hydrogens is 534 g/mol. The maximum atomic E-state index is 14.3. The van der Waals surface area contributed by atoms with Gasteiger partial charge in [0.05, 0.1) is 49.8 Å². The number of carbonyl (C=O) groups excluding carboxylic acids is 2. The van der Waals surface area contributed by atoms with Gasteiger partial charge in [-0.05, 0) is 42.0 Å². The second-order valence-corrected chi connectivity index (χ2v) is 9.75. The first-order valence-electron chi connectivity index (χ1n) is 12.5. The predicted octanol–water partition coefficient (Wildman–Crippen LogP) is 3.75. The molecule has 0 fully saturated rings. The van der Waals surface area contributed by atoms with Gasteiger partial charge in [0.2, 0.25) is 11.9 Å². The molecule has 0 unspecified atom stereocenters. The largest absolute Gasteiger partial charge is 0.497 e. The summed E-state index contributed by atoms with van der Waals surface area (Å²) in [6, 6.07) is 20.6. The number of hydrogen-bond donors (Lipinski definition) is 0.